The van der Waals surface area contributed by atoms with Gasteiger partial charge >= 0.3 is 5.97 Å². The summed E-state index contributed by atoms with van der Waals surface area (Å²) in [7, 11) is 1.42. The zero-order valence-corrected chi connectivity index (χ0v) is 17.9. The minimum absolute atomic E-state index is 0.0279. The maximum atomic E-state index is 12.4. The molecule has 0 spiro atoms. The van der Waals surface area contributed by atoms with Crippen LogP contribution in [0.15, 0.2) is 42.0 Å². The van der Waals surface area contributed by atoms with E-state index in [2.05, 4.69) is 0 Å². The van der Waals surface area contributed by atoms with Gasteiger partial charge in [0.05, 0.1) is 28.3 Å². The summed E-state index contributed by atoms with van der Waals surface area (Å²) in [6.07, 6.45) is 1.47. The Morgan fingerprint density at radius 3 is 2.28 bits per heavy atom. The number of Topliss-reactive ketones (excluding diaryl/α,β-unsaturated/α-hetero) is 1. The second-order valence-electron chi connectivity index (χ2n) is 7.18. The summed E-state index contributed by atoms with van der Waals surface area (Å²) in [5.41, 5.74) is 0.138. The maximum absolute atomic E-state index is 12.4. The third kappa shape index (κ3) is 5.60. The Labute approximate surface area is 179 Å². The Kier molecular flexibility index (Phi) is 7.07. The summed E-state index contributed by atoms with van der Waals surface area (Å²) >= 11 is 11.8. The average molecular weight is 432 g/mol. The van der Waals surface area contributed by atoms with Gasteiger partial charge in [0.1, 0.15) is 6.07 Å². The van der Waals surface area contributed by atoms with Gasteiger partial charge in [0.25, 0.3) is 0 Å². The first-order valence-corrected chi connectivity index (χ1v) is 9.34. The molecule has 0 atom stereocenters. The van der Waals surface area contributed by atoms with Gasteiger partial charge in [-0.05, 0) is 42.0 Å². The lowest BCUT2D eigenvalue weighted by atomic mass is 9.86. The van der Waals surface area contributed by atoms with Crippen molar-refractivity contribution in [2.45, 2.75) is 20.8 Å². The Hall–Kier alpha value is -2.81. The molecule has 5 nitrogen and oxygen atoms in total. The molecule has 0 aliphatic heterocycles. The molecule has 0 aliphatic rings. The van der Waals surface area contributed by atoms with Crippen LogP contribution in [0.25, 0.3) is 6.08 Å². The Balaban J connectivity index is 2.32. The topological polar surface area (TPSA) is 76.4 Å². The summed E-state index contributed by atoms with van der Waals surface area (Å²) in [4.78, 5) is 24.7. The lowest BCUT2D eigenvalue weighted by molar-refractivity contribution is -0.121. The predicted molar refractivity (Wildman–Crippen MR) is 112 cm³/mol. The van der Waals surface area contributed by atoms with Gasteiger partial charge in [-0.15, -0.1) is 0 Å². The number of methoxy groups -OCH3 is 1. The van der Waals surface area contributed by atoms with E-state index in [0.717, 1.165) is 0 Å². The molecule has 0 fully saturated rings. The minimum Gasteiger partial charge on any atom is -0.493 e. The highest BCUT2D eigenvalue weighted by Crippen LogP contribution is 2.31. The van der Waals surface area contributed by atoms with E-state index in [0.29, 0.717) is 10.6 Å². The van der Waals surface area contributed by atoms with Crippen LogP contribution in [0, 0.1) is 16.7 Å². The maximum Gasteiger partial charge on any atom is 0.343 e. The normalized spacial score (nSPS) is 11.6. The number of benzene rings is 2. The molecule has 0 N–H and O–H groups in total. The number of rotatable bonds is 5. The van der Waals surface area contributed by atoms with Crippen LogP contribution in [0.2, 0.25) is 10.0 Å². The number of ether oxygens (including phenoxy) is 2. The van der Waals surface area contributed by atoms with Gasteiger partial charge in [-0.1, -0.05) is 50.0 Å². The predicted octanol–water partition coefficient (Wildman–Crippen LogP) is 5.74. The number of nitrogens with zero attached hydrogens (tertiary/aromatic N) is 1. The summed E-state index contributed by atoms with van der Waals surface area (Å²) in [5, 5.41) is 9.90. The standard InChI is InChI=1S/C22H19Cl2NO4/c1-22(2,3)20(26)15(12-25)9-13-5-8-18(19(10-13)28-4)29-21(27)14-6-7-16(23)17(24)11-14/h5-11H,1-4H3. The van der Waals surface area contributed by atoms with Gasteiger partial charge < -0.3 is 9.47 Å². The quantitative estimate of drug-likeness (QED) is 0.261. The molecule has 0 heterocycles. The number of carbonyl (C=O) groups excluding carboxylic acids is 2. The number of allylic oxidation sites excluding steroid dienone is 1. The second-order valence-corrected chi connectivity index (χ2v) is 7.99. The molecule has 0 aromatic heterocycles. The van der Waals surface area contributed by atoms with E-state index in [1.54, 1.807) is 32.9 Å². The first kappa shape index (κ1) is 22.5. The van der Waals surface area contributed by atoms with Crippen LogP contribution < -0.4 is 9.47 Å². The van der Waals surface area contributed by atoms with Crippen molar-refractivity contribution in [3.63, 3.8) is 0 Å². The van der Waals surface area contributed by atoms with E-state index in [1.807, 2.05) is 6.07 Å². The van der Waals surface area contributed by atoms with Gasteiger partial charge in [0.2, 0.25) is 0 Å². The molecule has 0 amide bonds. The Bertz CT molecular complexity index is 1030. The highest BCUT2D eigenvalue weighted by molar-refractivity contribution is 6.42. The van der Waals surface area contributed by atoms with Crippen LogP contribution in [0.3, 0.4) is 0 Å². The SMILES string of the molecule is COc1cc(C=C(C#N)C(=O)C(C)(C)C)ccc1OC(=O)c1ccc(Cl)c(Cl)c1. The smallest absolute Gasteiger partial charge is 0.343 e. The monoisotopic (exact) mass is 431 g/mol. The van der Waals surface area contributed by atoms with Crippen molar-refractivity contribution in [2.75, 3.05) is 7.11 Å². The molecule has 0 bridgehead atoms. The molecule has 150 valence electrons. The molecule has 0 saturated carbocycles. The molecule has 2 aromatic rings. The molecule has 0 aliphatic carbocycles. The van der Waals surface area contributed by atoms with Crippen molar-refractivity contribution < 1.29 is 19.1 Å². The average Bonchev–Trinajstić information content (AvgIpc) is 2.67. The fourth-order valence-electron chi connectivity index (χ4n) is 2.36. The van der Waals surface area contributed by atoms with Crippen LogP contribution in [0.4, 0.5) is 0 Å². The van der Waals surface area contributed by atoms with Crippen molar-refractivity contribution in [1.82, 2.24) is 0 Å². The highest BCUT2D eigenvalue weighted by atomic mass is 35.5. The van der Waals surface area contributed by atoms with E-state index in [1.165, 1.54) is 37.5 Å². The number of nitriles is 1. The fourth-order valence-corrected chi connectivity index (χ4v) is 2.66. The molecule has 2 aromatic carbocycles. The van der Waals surface area contributed by atoms with Crippen molar-refractivity contribution >= 4 is 41.0 Å². The van der Waals surface area contributed by atoms with Gasteiger partial charge in [0.15, 0.2) is 17.3 Å². The number of hydrogen-bond acceptors (Lipinski definition) is 5. The number of carbonyl (C=O) groups is 2. The number of halogens is 2. The van der Waals surface area contributed by atoms with Crippen LogP contribution in [0.1, 0.15) is 36.7 Å². The van der Waals surface area contributed by atoms with Gasteiger partial charge in [-0.25, -0.2) is 4.79 Å². The number of ketones is 1. The molecule has 0 radical (unpaired) electrons. The summed E-state index contributed by atoms with van der Waals surface area (Å²) < 4.78 is 10.7. The third-order valence-corrected chi connectivity index (χ3v) is 4.64. The van der Waals surface area contributed by atoms with Gasteiger partial charge in [0, 0.05) is 5.41 Å². The van der Waals surface area contributed by atoms with E-state index in [4.69, 9.17) is 32.7 Å². The summed E-state index contributed by atoms with van der Waals surface area (Å²) in [5.74, 6) is -0.450. The van der Waals surface area contributed by atoms with Crippen LogP contribution in [-0.4, -0.2) is 18.9 Å². The largest absolute Gasteiger partial charge is 0.493 e. The van der Waals surface area contributed by atoms with Crippen LogP contribution >= 0.6 is 23.2 Å². The van der Waals surface area contributed by atoms with E-state index in [-0.39, 0.29) is 33.4 Å². The molecule has 7 heteroatoms. The lowest BCUT2D eigenvalue weighted by Gasteiger charge is -2.15. The minimum atomic E-state index is -0.680. The number of esters is 1. The summed E-state index contributed by atoms with van der Waals surface area (Å²) in [6, 6.07) is 11.1. The highest BCUT2D eigenvalue weighted by Gasteiger charge is 2.25. The molecule has 29 heavy (non-hydrogen) atoms. The van der Waals surface area contributed by atoms with Crippen LogP contribution in [0.5, 0.6) is 11.5 Å². The van der Waals surface area contributed by atoms with Gasteiger partial charge in [-0.2, -0.15) is 5.26 Å². The Morgan fingerprint density at radius 1 is 1.03 bits per heavy atom. The van der Waals surface area contributed by atoms with Crippen molar-refractivity contribution in [1.29, 1.82) is 5.26 Å². The molecular weight excluding hydrogens is 413 g/mol. The summed E-state index contributed by atoms with van der Waals surface area (Å²) in [6.45, 7) is 5.23. The zero-order valence-electron chi connectivity index (χ0n) is 16.4. The Morgan fingerprint density at radius 2 is 1.72 bits per heavy atom. The number of hydrogen-bond donors (Lipinski definition) is 0. The van der Waals surface area contributed by atoms with E-state index >= 15 is 0 Å². The molecular formula is C22H19Cl2NO4. The van der Waals surface area contributed by atoms with Crippen molar-refractivity contribution in [2.24, 2.45) is 5.41 Å². The molecule has 2 rings (SSSR count). The first-order valence-electron chi connectivity index (χ1n) is 8.58. The molecule has 0 unspecified atom stereocenters. The lowest BCUT2D eigenvalue weighted by Crippen LogP contribution is -2.21. The van der Waals surface area contributed by atoms with Crippen molar-refractivity contribution in [3.8, 4) is 17.6 Å². The van der Waals surface area contributed by atoms with Crippen molar-refractivity contribution in [3.05, 3.63) is 63.1 Å². The van der Waals surface area contributed by atoms with Gasteiger partial charge in [-0.3, -0.25) is 4.79 Å². The van der Waals surface area contributed by atoms with E-state index in [9.17, 15) is 14.9 Å². The third-order valence-electron chi connectivity index (χ3n) is 3.90. The van der Waals surface area contributed by atoms with E-state index < -0.39 is 11.4 Å². The second kappa shape index (κ2) is 9.13. The fraction of sp³-hybridized carbons (Fsp3) is 0.227. The zero-order chi connectivity index (χ0) is 21.8. The van der Waals surface area contributed by atoms with Crippen LogP contribution in [-0.2, 0) is 4.79 Å². The first-order chi connectivity index (χ1) is 13.6. The molecule has 0 saturated heterocycles.